The Morgan fingerprint density at radius 2 is 1.58 bits per heavy atom. The maximum atomic E-state index is 14.4. The molecule has 0 aliphatic rings. The van der Waals surface area contributed by atoms with Crippen molar-refractivity contribution in [1.29, 1.82) is 5.26 Å². The van der Waals surface area contributed by atoms with Crippen molar-refractivity contribution in [3.8, 4) is 34.4 Å². The molecular formula is C36H33F6N4NaO5. The van der Waals surface area contributed by atoms with Crippen LogP contribution in [0.3, 0.4) is 0 Å². The van der Waals surface area contributed by atoms with E-state index in [1.807, 2.05) is 19.9 Å². The maximum Gasteiger partial charge on any atom is 1.00 e. The van der Waals surface area contributed by atoms with Gasteiger partial charge in [-0.25, -0.2) is 9.97 Å². The first-order valence-electron chi connectivity index (χ1n) is 15.5. The summed E-state index contributed by atoms with van der Waals surface area (Å²) in [6.45, 7) is 3.16. The van der Waals surface area contributed by atoms with Crippen LogP contribution < -0.4 is 53.8 Å². The van der Waals surface area contributed by atoms with Crippen LogP contribution >= 0.6 is 0 Å². The number of alkyl halides is 6. The number of aromatic nitrogens is 2. The monoisotopic (exact) mass is 738 g/mol. The van der Waals surface area contributed by atoms with Crippen LogP contribution in [0.2, 0.25) is 0 Å². The van der Waals surface area contributed by atoms with Crippen molar-refractivity contribution in [2.24, 2.45) is 0 Å². The van der Waals surface area contributed by atoms with Gasteiger partial charge in [-0.15, -0.1) is 0 Å². The Hall–Kier alpha value is -4.52. The number of methoxy groups -OCH3 is 2. The molecule has 0 fully saturated rings. The first kappa shape index (κ1) is 41.9. The summed E-state index contributed by atoms with van der Waals surface area (Å²) in [5.74, 6) is -1.28. The molecule has 4 aromatic rings. The van der Waals surface area contributed by atoms with Crippen LogP contribution in [0.1, 0.15) is 66.0 Å². The van der Waals surface area contributed by atoms with E-state index in [1.54, 1.807) is 18.2 Å². The largest absolute Gasteiger partial charge is 1.00 e. The van der Waals surface area contributed by atoms with Gasteiger partial charge in [0.15, 0.2) is 5.75 Å². The second-order valence-electron chi connectivity index (χ2n) is 11.7. The summed E-state index contributed by atoms with van der Waals surface area (Å²) in [5, 5.41) is 20.2. The van der Waals surface area contributed by atoms with E-state index in [-0.39, 0.29) is 96.4 Å². The van der Waals surface area contributed by atoms with E-state index in [0.29, 0.717) is 22.9 Å². The second-order valence-corrected chi connectivity index (χ2v) is 11.7. The van der Waals surface area contributed by atoms with E-state index >= 15 is 0 Å². The van der Waals surface area contributed by atoms with E-state index in [0.717, 1.165) is 24.8 Å². The van der Waals surface area contributed by atoms with Crippen LogP contribution in [0.15, 0.2) is 60.9 Å². The van der Waals surface area contributed by atoms with E-state index in [1.165, 1.54) is 36.5 Å². The number of carbonyl (C=O) groups excluding carboxylic acids is 1. The Labute approximate surface area is 318 Å². The first-order valence-corrected chi connectivity index (χ1v) is 15.5. The molecule has 0 unspecified atom stereocenters. The summed E-state index contributed by atoms with van der Waals surface area (Å²) < 4.78 is 101. The molecular weight excluding hydrogens is 705 g/mol. The number of carboxylic acid groups (broad SMARTS) is 1. The SMILES string of the molecule is COc1ccc(C(C)C)cc1-c1cc(OC)c(C(F)(F)F)cc1CN(Cc1cc(C#N)cc(C(F)(F)F)c1)c1ncc(OCCCC(=O)[O-])cn1.[Na+]. The molecule has 9 nitrogen and oxygen atoms in total. The fourth-order valence-electron chi connectivity index (χ4n) is 5.28. The van der Waals surface area contributed by atoms with Gasteiger partial charge in [-0.2, -0.15) is 31.6 Å². The average Bonchev–Trinajstić information content (AvgIpc) is 3.08. The van der Waals surface area contributed by atoms with Crippen molar-refractivity contribution >= 4 is 11.9 Å². The van der Waals surface area contributed by atoms with Gasteiger partial charge in [-0.1, -0.05) is 19.9 Å². The summed E-state index contributed by atoms with van der Waals surface area (Å²) in [7, 11) is 2.52. The minimum atomic E-state index is -4.84. The van der Waals surface area contributed by atoms with Crippen molar-refractivity contribution in [3.05, 3.63) is 94.3 Å². The number of halogens is 6. The Kier molecular flexibility index (Phi) is 14.3. The summed E-state index contributed by atoms with van der Waals surface area (Å²) in [6.07, 6.45) is -7.26. The van der Waals surface area contributed by atoms with Crippen LogP contribution in [0.4, 0.5) is 32.3 Å². The van der Waals surface area contributed by atoms with E-state index in [9.17, 15) is 41.5 Å². The number of hydrogen-bond donors (Lipinski definition) is 0. The number of aliphatic carboxylic acids is 1. The molecule has 0 aliphatic heterocycles. The zero-order valence-corrected chi connectivity index (χ0v) is 31.0. The number of nitrogens with zero attached hydrogens (tertiary/aromatic N) is 4. The van der Waals surface area contributed by atoms with Gasteiger partial charge >= 0.3 is 41.9 Å². The van der Waals surface area contributed by atoms with Gasteiger partial charge in [0.05, 0.1) is 56.0 Å². The van der Waals surface area contributed by atoms with Gasteiger partial charge < -0.3 is 29.0 Å². The minimum Gasteiger partial charge on any atom is -0.550 e. The fourth-order valence-corrected chi connectivity index (χ4v) is 5.28. The molecule has 1 heterocycles. The zero-order chi connectivity index (χ0) is 37.5. The van der Waals surface area contributed by atoms with Crippen molar-refractivity contribution in [1.82, 2.24) is 9.97 Å². The molecule has 0 spiro atoms. The first-order chi connectivity index (χ1) is 24.0. The van der Waals surface area contributed by atoms with E-state index in [2.05, 4.69) is 9.97 Å². The molecule has 52 heavy (non-hydrogen) atoms. The molecule has 0 aliphatic carbocycles. The molecule has 0 saturated carbocycles. The van der Waals surface area contributed by atoms with Gasteiger partial charge in [0, 0.05) is 24.6 Å². The maximum absolute atomic E-state index is 14.4. The second kappa shape index (κ2) is 17.8. The number of benzene rings is 3. The Morgan fingerprint density at radius 1 is 0.904 bits per heavy atom. The topological polar surface area (TPSA) is 121 Å². The summed E-state index contributed by atoms with van der Waals surface area (Å²) >= 11 is 0. The molecule has 3 aromatic carbocycles. The molecule has 0 saturated heterocycles. The van der Waals surface area contributed by atoms with Crippen molar-refractivity contribution in [3.63, 3.8) is 0 Å². The number of carboxylic acids is 1. The summed E-state index contributed by atoms with van der Waals surface area (Å²) in [5.41, 5.74) is -0.761. The van der Waals surface area contributed by atoms with Gasteiger partial charge in [0.1, 0.15) is 11.5 Å². The van der Waals surface area contributed by atoms with Crippen molar-refractivity contribution in [2.45, 2.75) is 58.0 Å². The van der Waals surface area contributed by atoms with Gasteiger partial charge in [0.25, 0.3) is 0 Å². The third kappa shape index (κ3) is 10.8. The van der Waals surface area contributed by atoms with Crippen molar-refractivity contribution < 1.29 is 80.0 Å². The van der Waals surface area contributed by atoms with Gasteiger partial charge in [0.2, 0.25) is 5.95 Å². The smallest absolute Gasteiger partial charge is 0.550 e. The molecule has 0 N–H and O–H groups in total. The van der Waals surface area contributed by atoms with Crippen molar-refractivity contribution in [2.75, 3.05) is 25.7 Å². The minimum absolute atomic E-state index is 0. The zero-order valence-electron chi connectivity index (χ0n) is 29.0. The Balaban J connectivity index is 0.00000729. The fraction of sp³-hybridized carbons (Fsp3) is 0.333. The number of hydrogen-bond acceptors (Lipinski definition) is 9. The molecule has 270 valence electrons. The predicted octanol–water partition coefficient (Wildman–Crippen LogP) is 4.31. The quantitative estimate of drug-likeness (QED) is 0.106. The third-order valence-electron chi connectivity index (χ3n) is 7.79. The summed E-state index contributed by atoms with van der Waals surface area (Å²) in [4.78, 5) is 20.6. The molecule has 0 amide bonds. The summed E-state index contributed by atoms with van der Waals surface area (Å²) in [6, 6.07) is 11.9. The van der Waals surface area contributed by atoms with Crippen LogP contribution in [0.5, 0.6) is 17.2 Å². The average molecular weight is 739 g/mol. The third-order valence-corrected chi connectivity index (χ3v) is 7.79. The molecule has 0 radical (unpaired) electrons. The van der Waals surface area contributed by atoms with Crippen LogP contribution in [0, 0.1) is 11.3 Å². The molecule has 16 heteroatoms. The number of rotatable bonds is 14. The number of anilines is 1. The molecule has 0 bridgehead atoms. The van der Waals surface area contributed by atoms with Gasteiger partial charge in [-0.05, 0) is 83.5 Å². The van der Waals surface area contributed by atoms with E-state index < -0.39 is 35.2 Å². The molecule has 0 atom stereocenters. The number of carbonyl (C=O) groups is 1. The molecule has 4 rings (SSSR count). The standard InChI is InChI=1S/C36H34F6N4O5.Na/c1-21(2)24-7-8-31(49-3)29(13-24)28-15-32(50-4)30(36(40,41)42)14-25(28)20-46(19-23-10-22(16-43)11-26(12-23)35(37,38)39)34-44-17-27(18-45-34)51-9-5-6-33(47)48;/h7-8,10-15,17-18,21H,5-6,9,19-20H2,1-4H3,(H,47,48);/q;+1/p-1. The molecule has 1 aromatic heterocycles. The van der Waals surface area contributed by atoms with Gasteiger partial charge in [-0.3, -0.25) is 0 Å². The Bertz CT molecular complexity index is 1900. The van der Waals surface area contributed by atoms with Crippen LogP contribution in [-0.2, 0) is 30.2 Å². The number of ether oxygens (including phenoxy) is 3. The number of nitriles is 1. The van der Waals surface area contributed by atoms with Crippen LogP contribution in [0.25, 0.3) is 11.1 Å². The van der Waals surface area contributed by atoms with E-state index in [4.69, 9.17) is 14.2 Å². The van der Waals surface area contributed by atoms with Crippen LogP contribution in [-0.4, -0.2) is 36.8 Å². The predicted molar refractivity (Wildman–Crippen MR) is 172 cm³/mol. The Morgan fingerprint density at radius 3 is 2.13 bits per heavy atom. The normalized spacial score (nSPS) is 11.4.